The van der Waals surface area contributed by atoms with Crippen LogP contribution in [0.5, 0.6) is 5.75 Å². The van der Waals surface area contributed by atoms with Crippen LogP contribution in [0, 0.1) is 11.3 Å². The number of hydrogen-bond acceptors (Lipinski definition) is 3. The van der Waals surface area contributed by atoms with Crippen LogP contribution in [0.1, 0.15) is 31.4 Å². The van der Waals surface area contributed by atoms with E-state index in [0.717, 1.165) is 31.7 Å². The van der Waals surface area contributed by atoms with Gasteiger partial charge in [-0.1, -0.05) is 25.1 Å². The largest absolute Gasteiger partial charge is 0.493 e. The van der Waals surface area contributed by atoms with Crippen molar-refractivity contribution >= 4 is 0 Å². The molecule has 1 aliphatic heterocycles. The summed E-state index contributed by atoms with van der Waals surface area (Å²) < 4.78 is 5.75. The lowest BCUT2D eigenvalue weighted by atomic mass is 9.91. The van der Waals surface area contributed by atoms with Gasteiger partial charge in [-0.2, -0.15) is 0 Å². The van der Waals surface area contributed by atoms with E-state index in [0.29, 0.717) is 18.6 Å². The van der Waals surface area contributed by atoms with Crippen LogP contribution in [0.4, 0.5) is 0 Å². The minimum Gasteiger partial charge on any atom is -0.493 e. The summed E-state index contributed by atoms with van der Waals surface area (Å²) in [6.45, 7) is 4.19. The summed E-state index contributed by atoms with van der Waals surface area (Å²) >= 11 is 0. The highest BCUT2D eigenvalue weighted by molar-refractivity contribution is 5.38. The van der Waals surface area contributed by atoms with Gasteiger partial charge in [-0.05, 0) is 18.9 Å². The molecule has 1 heterocycles. The second-order valence-corrected chi connectivity index (χ2v) is 5.84. The smallest absolute Gasteiger partial charge is 0.124 e. The zero-order valence-electron chi connectivity index (χ0n) is 10.9. The number of aliphatic hydroxyl groups is 1. The molecule has 0 bridgehead atoms. The van der Waals surface area contributed by atoms with E-state index in [1.165, 1.54) is 5.56 Å². The van der Waals surface area contributed by atoms with E-state index in [1.807, 2.05) is 12.1 Å². The van der Waals surface area contributed by atoms with E-state index in [-0.39, 0.29) is 5.41 Å². The van der Waals surface area contributed by atoms with Crippen molar-refractivity contribution in [3.63, 3.8) is 0 Å². The van der Waals surface area contributed by atoms with E-state index in [2.05, 4.69) is 24.4 Å². The van der Waals surface area contributed by atoms with E-state index < -0.39 is 0 Å². The van der Waals surface area contributed by atoms with Gasteiger partial charge >= 0.3 is 0 Å². The number of para-hydroxylation sites is 1. The van der Waals surface area contributed by atoms with Crippen molar-refractivity contribution in [3.05, 3.63) is 29.8 Å². The lowest BCUT2D eigenvalue weighted by Crippen LogP contribution is -2.37. The van der Waals surface area contributed by atoms with Crippen LogP contribution in [0.2, 0.25) is 0 Å². The fourth-order valence-electron chi connectivity index (χ4n) is 2.70. The molecule has 98 valence electrons. The lowest BCUT2D eigenvalue weighted by Gasteiger charge is -2.33. The summed E-state index contributed by atoms with van der Waals surface area (Å²) in [4.78, 5) is 0. The van der Waals surface area contributed by atoms with Crippen LogP contribution in [0.3, 0.4) is 0 Å². The summed E-state index contributed by atoms with van der Waals surface area (Å²) in [5.74, 6) is 1.47. The third-order valence-corrected chi connectivity index (χ3v) is 4.31. The fraction of sp³-hybridized carbons (Fsp3) is 0.600. The van der Waals surface area contributed by atoms with Crippen molar-refractivity contribution in [2.75, 3.05) is 19.8 Å². The zero-order valence-corrected chi connectivity index (χ0v) is 10.9. The maximum absolute atomic E-state index is 9.38. The molecule has 0 radical (unpaired) electrons. The Morgan fingerprint density at radius 3 is 2.89 bits per heavy atom. The Bertz CT molecular complexity index is 428. The molecule has 3 heteroatoms. The Hall–Kier alpha value is -1.06. The zero-order chi connectivity index (χ0) is 12.6. The van der Waals surface area contributed by atoms with Crippen LogP contribution in [0.25, 0.3) is 0 Å². The molecule has 18 heavy (non-hydrogen) atoms. The van der Waals surface area contributed by atoms with E-state index in [4.69, 9.17) is 4.74 Å². The topological polar surface area (TPSA) is 41.5 Å². The Kier molecular flexibility index (Phi) is 3.04. The van der Waals surface area contributed by atoms with Crippen molar-refractivity contribution < 1.29 is 9.84 Å². The molecule has 2 unspecified atom stereocenters. The minimum absolute atomic E-state index is 0.160. The molecule has 2 atom stereocenters. The predicted molar refractivity (Wildman–Crippen MR) is 70.6 cm³/mol. The van der Waals surface area contributed by atoms with Gasteiger partial charge in [0.15, 0.2) is 0 Å². The molecule has 1 aromatic carbocycles. The first kappa shape index (κ1) is 12.0. The minimum atomic E-state index is 0.160. The molecule has 3 nitrogen and oxygen atoms in total. The highest BCUT2D eigenvalue weighted by Crippen LogP contribution is 2.45. The molecule has 2 N–H and O–H groups in total. The van der Waals surface area contributed by atoms with Gasteiger partial charge in [0.1, 0.15) is 5.75 Å². The van der Waals surface area contributed by atoms with Crippen molar-refractivity contribution in [1.82, 2.24) is 5.32 Å². The molecule has 2 aliphatic rings. The molecule has 1 aliphatic carbocycles. The van der Waals surface area contributed by atoms with E-state index in [1.54, 1.807) is 0 Å². The molecule has 1 fully saturated rings. The number of nitrogens with one attached hydrogen (secondary N) is 1. The number of aliphatic hydroxyl groups excluding tert-OH is 1. The summed E-state index contributed by atoms with van der Waals surface area (Å²) in [6, 6.07) is 8.60. The number of fused-ring (bicyclic) bond motifs is 1. The van der Waals surface area contributed by atoms with E-state index >= 15 is 0 Å². The predicted octanol–water partition coefficient (Wildman–Crippen LogP) is 2.12. The molecule has 0 amide bonds. The Morgan fingerprint density at radius 1 is 1.39 bits per heavy atom. The molecular formula is C15H21NO2. The van der Waals surface area contributed by atoms with Crippen LogP contribution < -0.4 is 10.1 Å². The Morgan fingerprint density at radius 2 is 2.17 bits per heavy atom. The molecular weight excluding hydrogens is 226 g/mol. The highest BCUT2D eigenvalue weighted by Gasteiger charge is 2.42. The number of hydrogen-bond donors (Lipinski definition) is 2. The number of benzene rings is 1. The SMILES string of the molecule is CC1COc2ccccc2C1NCC1(CO)CC1. The van der Waals surface area contributed by atoms with Crippen molar-refractivity contribution in [2.24, 2.45) is 11.3 Å². The first-order chi connectivity index (χ1) is 8.74. The molecule has 0 aromatic heterocycles. The maximum atomic E-state index is 9.38. The molecule has 1 saturated carbocycles. The maximum Gasteiger partial charge on any atom is 0.124 e. The van der Waals surface area contributed by atoms with Crippen molar-refractivity contribution in [1.29, 1.82) is 0 Å². The third-order valence-electron chi connectivity index (χ3n) is 4.31. The summed E-state index contributed by atoms with van der Waals surface area (Å²) in [6.07, 6.45) is 2.30. The number of ether oxygens (including phenoxy) is 1. The molecule has 3 rings (SSSR count). The van der Waals surface area contributed by atoms with Crippen molar-refractivity contribution in [3.8, 4) is 5.75 Å². The second-order valence-electron chi connectivity index (χ2n) is 5.84. The van der Waals surface area contributed by atoms with Gasteiger partial charge in [-0.3, -0.25) is 0 Å². The van der Waals surface area contributed by atoms with Crippen LogP contribution >= 0.6 is 0 Å². The monoisotopic (exact) mass is 247 g/mol. The van der Waals surface area contributed by atoms with Gasteiger partial charge in [0.25, 0.3) is 0 Å². The first-order valence-electron chi connectivity index (χ1n) is 6.80. The molecule has 0 spiro atoms. The van der Waals surface area contributed by atoms with Gasteiger partial charge in [-0.25, -0.2) is 0 Å². The summed E-state index contributed by atoms with van der Waals surface area (Å²) in [7, 11) is 0. The fourth-order valence-corrected chi connectivity index (χ4v) is 2.70. The van der Waals surface area contributed by atoms with Gasteiger partial charge < -0.3 is 15.2 Å². The summed E-state index contributed by atoms with van der Waals surface area (Å²) in [5.41, 5.74) is 1.41. The van der Waals surface area contributed by atoms with Crippen LogP contribution in [0.15, 0.2) is 24.3 Å². The van der Waals surface area contributed by atoms with Gasteiger partial charge in [0, 0.05) is 36.1 Å². The van der Waals surface area contributed by atoms with Gasteiger partial charge in [-0.15, -0.1) is 0 Å². The van der Waals surface area contributed by atoms with Crippen LogP contribution in [-0.2, 0) is 0 Å². The lowest BCUT2D eigenvalue weighted by molar-refractivity contribution is 0.166. The van der Waals surface area contributed by atoms with Crippen LogP contribution in [-0.4, -0.2) is 24.9 Å². The van der Waals surface area contributed by atoms with Gasteiger partial charge in [0.2, 0.25) is 0 Å². The molecule has 0 saturated heterocycles. The average molecular weight is 247 g/mol. The first-order valence-corrected chi connectivity index (χ1v) is 6.80. The van der Waals surface area contributed by atoms with Crippen molar-refractivity contribution in [2.45, 2.75) is 25.8 Å². The Balaban J connectivity index is 1.74. The highest BCUT2D eigenvalue weighted by atomic mass is 16.5. The average Bonchev–Trinajstić information content (AvgIpc) is 3.18. The Labute approximate surface area is 108 Å². The quantitative estimate of drug-likeness (QED) is 0.856. The normalized spacial score (nSPS) is 28.3. The molecule has 1 aromatic rings. The van der Waals surface area contributed by atoms with Gasteiger partial charge in [0.05, 0.1) is 6.61 Å². The number of rotatable bonds is 4. The summed E-state index contributed by atoms with van der Waals surface area (Å²) in [5, 5.41) is 13.0. The van der Waals surface area contributed by atoms with E-state index in [9.17, 15) is 5.11 Å². The standard InChI is InChI=1S/C15H21NO2/c1-11-8-18-13-5-3-2-4-12(13)14(11)16-9-15(10-17)6-7-15/h2-5,11,14,16-17H,6-10H2,1H3. The third kappa shape index (κ3) is 2.13. The second kappa shape index (κ2) is 4.56.